The molecule has 3 rings (SSSR count). The maximum absolute atomic E-state index is 12.6. The van der Waals surface area contributed by atoms with Gasteiger partial charge in [-0.1, -0.05) is 55.8 Å². The third-order valence-electron chi connectivity index (χ3n) is 4.20. The average Bonchev–Trinajstić information content (AvgIpc) is 3.03. The fourth-order valence-corrected chi connectivity index (χ4v) is 2.97. The van der Waals surface area contributed by atoms with Gasteiger partial charge in [0.05, 0.1) is 17.0 Å². The van der Waals surface area contributed by atoms with Crippen LogP contribution in [0.4, 0.5) is 0 Å². The van der Waals surface area contributed by atoms with Crippen LogP contribution >= 0.6 is 0 Å². The molecular formula is C20H23N3O. The molecule has 0 aliphatic heterocycles. The summed E-state index contributed by atoms with van der Waals surface area (Å²) in [4.78, 5) is 20.4. The van der Waals surface area contributed by atoms with Crippen LogP contribution in [-0.4, -0.2) is 22.4 Å². The number of para-hydroxylation sites is 2. The van der Waals surface area contributed by atoms with Crippen LogP contribution < -0.4 is 5.32 Å². The first-order chi connectivity index (χ1) is 11.8. The van der Waals surface area contributed by atoms with Crippen LogP contribution in [0.15, 0.2) is 54.6 Å². The fraction of sp³-hybridized carbons (Fsp3) is 0.300. The van der Waals surface area contributed by atoms with Crippen LogP contribution in [0.2, 0.25) is 0 Å². The van der Waals surface area contributed by atoms with Gasteiger partial charge in [0.25, 0.3) is 0 Å². The van der Waals surface area contributed by atoms with Gasteiger partial charge in [0.15, 0.2) is 0 Å². The van der Waals surface area contributed by atoms with Crippen molar-refractivity contribution >= 4 is 16.9 Å². The van der Waals surface area contributed by atoms with Gasteiger partial charge >= 0.3 is 0 Å². The molecule has 1 amide bonds. The first kappa shape index (κ1) is 16.2. The van der Waals surface area contributed by atoms with Crippen LogP contribution in [-0.2, 0) is 11.2 Å². The Balaban J connectivity index is 1.59. The van der Waals surface area contributed by atoms with Gasteiger partial charge < -0.3 is 10.3 Å². The number of aromatic nitrogens is 2. The van der Waals surface area contributed by atoms with E-state index in [0.29, 0.717) is 13.0 Å². The molecule has 1 unspecified atom stereocenters. The first-order valence-electron chi connectivity index (χ1n) is 8.54. The third kappa shape index (κ3) is 3.82. The van der Waals surface area contributed by atoms with Crippen molar-refractivity contribution in [1.29, 1.82) is 0 Å². The lowest BCUT2D eigenvalue weighted by atomic mass is 9.93. The number of aromatic amines is 1. The van der Waals surface area contributed by atoms with Gasteiger partial charge in [-0.3, -0.25) is 4.79 Å². The molecule has 0 fully saturated rings. The Labute approximate surface area is 142 Å². The Hall–Kier alpha value is -2.62. The monoisotopic (exact) mass is 321 g/mol. The molecule has 0 spiro atoms. The van der Waals surface area contributed by atoms with E-state index in [4.69, 9.17) is 0 Å². The van der Waals surface area contributed by atoms with E-state index in [0.717, 1.165) is 35.3 Å². The van der Waals surface area contributed by atoms with Crippen molar-refractivity contribution in [3.63, 3.8) is 0 Å². The predicted octanol–water partition coefficient (Wildman–Crippen LogP) is 3.81. The molecule has 4 nitrogen and oxygen atoms in total. The van der Waals surface area contributed by atoms with Crippen LogP contribution in [0.25, 0.3) is 11.0 Å². The normalized spacial score (nSPS) is 12.2. The van der Waals surface area contributed by atoms with Gasteiger partial charge in [0, 0.05) is 13.0 Å². The summed E-state index contributed by atoms with van der Waals surface area (Å²) in [6.45, 7) is 2.70. The van der Waals surface area contributed by atoms with Crippen molar-refractivity contribution in [2.24, 2.45) is 0 Å². The van der Waals surface area contributed by atoms with Crippen molar-refractivity contribution in [3.8, 4) is 0 Å². The number of carbonyl (C=O) groups is 1. The SMILES string of the molecule is CCCC(C(=O)NCCc1nc2ccccc2[nH]1)c1ccccc1. The van der Waals surface area contributed by atoms with Gasteiger partial charge in [0.2, 0.25) is 5.91 Å². The number of hydrogen-bond donors (Lipinski definition) is 2. The van der Waals surface area contributed by atoms with E-state index < -0.39 is 0 Å². The van der Waals surface area contributed by atoms with E-state index in [-0.39, 0.29) is 11.8 Å². The van der Waals surface area contributed by atoms with Crippen LogP contribution in [0.1, 0.15) is 37.1 Å². The van der Waals surface area contributed by atoms with E-state index in [1.807, 2.05) is 54.6 Å². The average molecular weight is 321 g/mol. The number of nitrogens with one attached hydrogen (secondary N) is 2. The quantitative estimate of drug-likeness (QED) is 0.695. The molecule has 3 aromatic rings. The van der Waals surface area contributed by atoms with E-state index in [2.05, 4.69) is 22.2 Å². The number of nitrogens with zero attached hydrogens (tertiary/aromatic N) is 1. The summed E-state index contributed by atoms with van der Waals surface area (Å²) < 4.78 is 0. The highest BCUT2D eigenvalue weighted by molar-refractivity contribution is 5.83. The molecule has 124 valence electrons. The summed E-state index contributed by atoms with van der Waals surface area (Å²) in [7, 11) is 0. The third-order valence-corrected chi connectivity index (χ3v) is 4.20. The Morgan fingerprint density at radius 3 is 2.62 bits per heavy atom. The number of H-pyrrole nitrogens is 1. The highest BCUT2D eigenvalue weighted by Gasteiger charge is 2.19. The van der Waals surface area contributed by atoms with Crippen molar-refractivity contribution in [2.75, 3.05) is 6.54 Å². The molecule has 0 saturated heterocycles. The topological polar surface area (TPSA) is 57.8 Å². The van der Waals surface area contributed by atoms with E-state index in [1.54, 1.807) is 0 Å². The molecule has 0 bridgehead atoms. The van der Waals surface area contributed by atoms with Gasteiger partial charge in [-0.2, -0.15) is 0 Å². The first-order valence-corrected chi connectivity index (χ1v) is 8.54. The highest BCUT2D eigenvalue weighted by Crippen LogP contribution is 2.21. The molecule has 0 aliphatic carbocycles. The number of hydrogen-bond acceptors (Lipinski definition) is 2. The lowest BCUT2D eigenvalue weighted by Crippen LogP contribution is -2.31. The summed E-state index contributed by atoms with van der Waals surface area (Å²) in [6.07, 6.45) is 2.55. The maximum Gasteiger partial charge on any atom is 0.227 e. The molecule has 4 heteroatoms. The fourth-order valence-electron chi connectivity index (χ4n) is 2.97. The summed E-state index contributed by atoms with van der Waals surface area (Å²) in [5.74, 6) is 0.925. The molecule has 1 heterocycles. The van der Waals surface area contributed by atoms with Gasteiger partial charge in [0.1, 0.15) is 5.82 Å². The summed E-state index contributed by atoms with van der Waals surface area (Å²) in [5, 5.41) is 3.06. The summed E-state index contributed by atoms with van der Waals surface area (Å²) in [5.41, 5.74) is 3.08. The molecule has 1 atom stereocenters. The Kier molecular flexibility index (Phi) is 5.26. The molecule has 24 heavy (non-hydrogen) atoms. The van der Waals surface area contributed by atoms with E-state index in [1.165, 1.54) is 0 Å². The Morgan fingerprint density at radius 1 is 1.12 bits per heavy atom. The van der Waals surface area contributed by atoms with Crippen molar-refractivity contribution in [1.82, 2.24) is 15.3 Å². The van der Waals surface area contributed by atoms with Gasteiger partial charge in [-0.25, -0.2) is 4.98 Å². The number of carbonyl (C=O) groups excluding carboxylic acids is 1. The van der Waals surface area contributed by atoms with Crippen molar-refractivity contribution in [2.45, 2.75) is 32.1 Å². The molecule has 2 N–H and O–H groups in total. The molecule has 0 saturated carbocycles. The summed E-state index contributed by atoms with van der Waals surface area (Å²) >= 11 is 0. The summed E-state index contributed by atoms with van der Waals surface area (Å²) in [6, 6.07) is 18.0. The van der Waals surface area contributed by atoms with Gasteiger partial charge in [-0.05, 0) is 24.1 Å². The zero-order valence-corrected chi connectivity index (χ0v) is 14.0. The lowest BCUT2D eigenvalue weighted by Gasteiger charge is -2.16. The van der Waals surface area contributed by atoms with Crippen molar-refractivity contribution in [3.05, 3.63) is 66.0 Å². The zero-order valence-electron chi connectivity index (χ0n) is 14.0. The number of benzene rings is 2. The maximum atomic E-state index is 12.6. The number of fused-ring (bicyclic) bond motifs is 1. The molecular weight excluding hydrogens is 298 g/mol. The molecule has 1 aromatic heterocycles. The molecule has 2 aromatic carbocycles. The highest BCUT2D eigenvalue weighted by atomic mass is 16.1. The number of rotatable bonds is 7. The van der Waals surface area contributed by atoms with Crippen LogP contribution in [0.5, 0.6) is 0 Å². The molecule has 0 radical (unpaired) electrons. The minimum absolute atomic E-state index is 0.0770. The van der Waals surface area contributed by atoms with Crippen LogP contribution in [0, 0.1) is 0 Å². The van der Waals surface area contributed by atoms with E-state index >= 15 is 0 Å². The minimum atomic E-state index is -0.0770. The number of imidazole rings is 1. The zero-order chi connectivity index (χ0) is 16.8. The van der Waals surface area contributed by atoms with Crippen LogP contribution in [0.3, 0.4) is 0 Å². The second-order valence-corrected chi connectivity index (χ2v) is 5.99. The Morgan fingerprint density at radius 2 is 1.88 bits per heavy atom. The predicted molar refractivity (Wildman–Crippen MR) is 96.9 cm³/mol. The second kappa shape index (κ2) is 7.77. The minimum Gasteiger partial charge on any atom is -0.355 e. The van der Waals surface area contributed by atoms with Crippen molar-refractivity contribution < 1.29 is 4.79 Å². The largest absolute Gasteiger partial charge is 0.355 e. The van der Waals surface area contributed by atoms with Gasteiger partial charge in [-0.15, -0.1) is 0 Å². The smallest absolute Gasteiger partial charge is 0.227 e. The Bertz CT molecular complexity index is 762. The molecule has 0 aliphatic rings. The van der Waals surface area contributed by atoms with E-state index in [9.17, 15) is 4.79 Å². The number of amides is 1. The second-order valence-electron chi connectivity index (χ2n) is 5.99. The lowest BCUT2D eigenvalue weighted by molar-refractivity contribution is -0.122. The standard InChI is InChI=1S/C20H23N3O/c1-2-8-16(15-9-4-3-5-10-15)20(24)21-14-13-19-22-17-11-6-7-12-18(17)23-19/h3-7,9-12,16H,2,8,13-14H2,1H3,(H,21,24)(H,22,23).